The van der Waals surface area contributed by atoms with E-state index in [4.69, 9.17) is 4.74 Å². The Kier molecular flexibility index (Phi) is 9.11. The highest BCUT2D eigenvalue weighted by Crippen LogP contribution is 2.28. The first kappa shape index (κ1) is 26.2. The maximum absolute atomic E-state index is 13.3. The van der Waals surface area contributed by atoms with E-state index in [2.05, 4.69) is 4.90 Å². The molecule has 0 bridgehead atoms. The number of esters is 1. The number of aromatic hydroxyl groups is 1. The second kappa shape index (κ2) is 11.8. The van der Waals surface area contributed by atoms with E-state index < -0.39 is 12.1 Å². The summed E-state index contributed by atoms with van der Waals surface area (Å²) in [5.41, 5.74) is 2.36. The van der Waals surface area contributed by atoms with Crippen LogP contribution in [0, 0.1) is 19.8 Å². The summed E-state index contributed by atoms with van der Waals surface area (Å²) < 4.78 is 5.45. The van der Waals surface area contributed by atoms with Gasteiger partial charge >= 0.3 is 5.97 Å². The zero-order valence-corrected chi connectivity index (χ0v) is 21.1. The van der Waals surface area contributed by atoms with Gasteiger partial charge in [0.25, 0.3) is 5.91 Å². The van der Waals surface area contributed by atoms with Crippen LogP contribution in [0.4, 0.5) is 0 Å². The number of benzene rings is 1. The first-order valence-electron chi connectivity index (χ1n) is 12.6. The fourth-order valence-corrected chi connectivity index (χ4v) is 5.43. The lowest BCUT2D eigenvalue weighted by atomic mass is 9.89. The molecular weight excluding hydrogens is 432 g/mol. The number of phenols is 1. The Hall–Kier alpha value is -2.41. The molecule has 2 saturated heterocycles. The van der Waals surface area contributed by atoms with Gasteiger partial charge in [-0.2, -0.15) is 0 Å². The van der Waals surface area contributed by atoms with E-state index in [1.807, 2.05) is 30.9 Å². The van der Waals surface area contributed by atoms with E-state index in [1.54, 1.807) is 6.92 Å². The van der Waals surface area contributed by atoms with Crippen molar-refractivity contribution in [2.24, 2.45) is 5.92 Å². The summed E-state index contributed by atoms with van der Waals surface area (Å²) in [5.74, 6) is 0.581. The molecule has 2 aliphatic heterocycles. The van der Waals surface area contributed by atoms with E-state index in [9.17, 15) is 19.5 Å². The quantitative estimate of drug-likeness (QED) is 0.582. The molecule has 1 aromatic carbocycles. The summed E-state index contributed by atoms with van der Waals surface area (Å²) >= 11 is 0. The second-order valence-corrected chi connectivity index (χ2v) is 10.2. The molecule has 0 spiro atoms. The van der Waals surface area contributed by atoms with Crippen LogP contribution in [0.1, 0.15) is 69.1 Å². The third-order valence-electron chi connectivity index (χ3n) is 7.40. The minimum atomic E-state index is -0.852. The summed E-state index contributed by atoms with van der Waals surface area (Å²) in [5, 5.41) is 10.0. The minimum absolute atomic E-state index is 0.139. The zero-order valence-electron chi connectivity index (χ0n) is 21.1. The summed E-state index contributed by atoms with van der Waals surface area (Å²) in [6.45, 7) is 10.1. The summed E-state index contributed by atoms with van der Waals surface area (Å²) in [4.78, 5) is 40.7. The molecule has 2 aliphatic rings. The molecule has 188 valence electrons. The van der Waals surface area contributed by atoms with Gasteiger partial charge in [0.2, 0.25) is 0 Å². The smallest absolute Gasteiger partial charge is 0.303 e. The number of hydrogen-bond acceptors (Lipinski definition) is 6. The van der Waals surface area contributed by atoms with Crippen molar-refractivity contribution in [1.82, 2.24) is 9.80 Å². The topological polar surface area (TPSA) is 87.2 Å². The largest absolute Gasteiger partial charge is 0.507 e. The maximum Gasteiger partial charge on any atom is 0.303 e. The normalized spacial score (nSPS) is 19.1. The number of aryl methyl sites for hydroxylation is 2. The molecule has 2 fully saturated rings. The van der Waals surface area contributed by atoms with Crippen molar-refractivity contribution in [3.8, 4) is 5.75 Å². The van der Waals surface area contributed by atoms with Crippen molar-refractivity contribution in [1.29, 1.82) is 0 Å². The Morgan fingerprint density at radius 1 is 1.00 bits per heavy atom. The second-order valence-electron chi connectivity index (χ2n) is 10.2. The molecule has 1 atom stereocenters. The predicted molar refractivity (Wildman–Crippen MR) is 131 cm³/mol. The number of phenolic OH excluding ortho intramolecular Hbond substituents is 1. The number of hydrogen-bond donors (Lipinski definition) is 1. The number of piperidine rings is 2. The lowest BCUT2D eigenvalue weighted by Gasteiger charge is -2.42. The van der Waals surface area contributed by atoms with Crippen LogP contribution in [0.2, 0.25) is 0 Å². The van der Waals surface area contributed by atoms with E-state index in [-0.39, 0.29) is 17.4 Å². The molecule has 1 N–H and O–H groups in total. The standard InChI is InChI=1S/C27H40N2O5/c1-18-15-23(16-19(2)26(18)32)17-25(34-21(4)31)27(33)29-13-9-24(10-14-29)28-11-7-22(8-12-28)6-5-20(3)30/h15-16,22,24-25,32H,5-14,17H2,1-4H3/t25-/m1/s1. The molecule has 0 aliphatic carbocycles. The summed E-state index contributed by atoms with van der Waals surface area (Å²) in [6, 6.07) is 4.17. The molecule has 1 aromatic rings. The Morgan fingerprint density at radius 2 is 1.59 bits per heavy atom. The fraction of sp³-hybridized carbons (Fsp3) is 0.667. The highest BCUT2D eigenvalue weighted by Gasteiger charge is 2.33. The molecular formula is C27H40N2O5. The van der Waals surface area contributed by atoms with Gasteiger partial charge in [-0.25, -0.2) is 0 Å². The molecule has 3 rings (SSSR count). The molecule has 0 radical (unpaired) electrons. The van der Waals surface area contributed by atoms with Crippen LogP contribution in [0.15, 0.2) is 12.1 Å². The van der Waals surface area contributed by atoms with Crippen LogP contribution in [-0.4, -0.2) is 70.9 Å². The average Bonchev–Trinajstić information content (AvgIpc) is 2.80. The lowest BCUT2D eigenvalue weighted by molar-refractivity contribution is -0.159. The molecule has 0 saturated carbocycles. The van der Waals surface area contributed by atoms with Crippen LogP contribution in [0.3, 0.4) is 0 Å². The molecule has 0 aromatic heterocycles. The highest BCUT2D eigenvalue weighted by molar-refractivity contribution is 5.84. The van der Waals surface area contributed by atoms with Crippen molar-refractivity contribution in [2.45, 2.75) is 84.8 Å². The molecule has 1 amide bonds. The van der Waals surface area contributed by atoms with E-state index in [1.165, 1.54) is 6.92 Å². The Labute approximate surface area is 203 Å². The average molecular weight is 473 g/mol. The number of nitrogens with zero attached hydrogens (tertiary/aromatic N) is 2. The SMILES string of the molecule is CC(=O)CCC1CCN(C2CCN(C(=O)[C@@H](Cc3cc(C)c(O)c(C)c3)OC(C)=O)CC2)CC1. The molecule has 2 heterocycles. The fourth-order valence-electron chi connectivity index (χ4n) is 5.43. The van der Waals surface area contributed by atoms with Crippen molar-refractivity contribution >= 4 is 17.7 Å². The number of ketones is 1. The third kappa shape index (κ3) is 7.05. The van der Waals surface area contributed by atoms with Gasteiger partial charge < -0.3 is 24.4 Å². The number of rotatable bonds is 8. The minimum Gasteiger partial charge on any atom is -0.507 e. The van der Waals surface area contributed by atoms with Gasteiger partial charge in [0.1, 0.15) is 11.5 Å². The van der Waals surface area contributed by atoms with Gasteiger partial charge in [-0.05, 0) is 88.6 Å². The van der Waals surface area contributed by atoms with Gasteiger partial charge in [0.05, 0.1) is 0 Å². The molecule has 0 unspecified atom stereocenters. The first-order valence-corrected chi connectivity index (χ1v) is 12.6. The van der Waals surface area contributed by atoms with Crippen LogP contribution in [0.5, 0.6) is 5.75 Å². The van der Waals surface area contributed by atoms with Crippen LogP contribution in [-0.2, 0) is 25.5 Å². The van der Waals surface area contributed by atoms with Crippen molar-refractivity contribution in [3.05, 3.63) is 28.8 Å². The van der Waals surface area contributed by atoms with Crippen molar-refractivity contribution in [2.75, 3.05) is 26.2 Å². The van der Waals surface area contributed by atoms with Crippen LogP contribution < -0.4 is 0 Å². The van der Waals surface area contributed by atoms with E-state index in [0.29, 0.717) is 37.9 Å². The van der Waals surface area contributed by atoms with Crippen molar-refractivity contribution < 1.29 is 24.2 Å². The van der Waals surface area contributed by atoms with Gasteiger partial charge in [-0.15, -0.1) is 0 Å². The van der Waals surface area contributed by atoms with E-state index in [0.717, 1.165) is 61.9 Å². The van der Waals surface area contributed by atoms with Crippen molar-refractivity contribution in [3.63, 3.8) is 0 Å². The maximum atomic E-state index is 13.3. The summed E-state index contributed by atoms with van der Waals surface area (Å²) in [7, 11) is 0. The van der Waals surface area contributed by atoms with Crippen LogP contribution in [0.25, 0.3) is 0 Å². The Morgan fingerprint density at radius 3 is 2.12 bits per heavy atom. The van der Waals surface area contributed by atoms with Gasteiger partial charge in [-0.3, -0.25) is 9.59 Å². The number of carbonyl (C=O) groups is 3. The monoisotopic (exact) mass is 472 g/mol. The lowest BCUT2D eigenvalue weighted by Crippen LogP contribution is -2.51. The van der Waals surface area contributed by atoms with Gasteiger partial charge in [0.15, 0.2) is 6.10 Å². The zero-order chi connectivity index (χ0) is 24.8. The van der Waals surface area contributed by atoms with E-state index >= 15 is 0 Å². The number of ether oxygens (including phenoxy) is 1. The number of amides is 1. The third-order valence-corrected chi connectivity index (χ3v) is 7.40. The number of carbonyl (C=O) groups excluding carboxylic acids is 3. The highest BCUT2D eigenvalue weighted by atomic mass is 16.5. The Bertz CT molecular complexity index is 860. The molecule has 7 nitrogen and oxygen atoms in total. The Balaban J connectivity index is 1.54. The predicted octanol–water partition coefficient (Wildman–Crippen LogP) is 3.56. The van der Waals surface area contributed by atoms with Gasteiger partial charge in [0, 0.05) is 38.9 Å². The van der Waals surface area contributed by atoms with Gasteiger partial charge in [-0.1, -0.05) is 12.1 Å². The number of Topliss-reactive ketones (excluding diaryl/α,β-unsaturated/α-hetero) is 1. The van der Waals surface area contributed by atoms with Crippen LogP contribution >= 0.6 is 0 Å². The number of likely N-dealkylation sites (tertiary alicyclic amines) is 2. The molecule has 34 heavy (non-hydrogen) atoms. The summed E-state index contributed by atoms with van der Waals surface area (Å²) in [6.07, 6.45) is 5.29. The molecule has 7 heteroatoms. The first-order chi connectivity index (χ1) is 16.1.